The molecule has 0 heterocycles. The molecule has 4 nitrogen and oxygen atoms in total. The molecule has 104 valence electrons. The molecule has 0 fully saturated rings. The molecule has 0 radical (unpaired) electrons. The molecule has 7 heteroatoms. The number of hydrogen-bond donors (Lipinski definition) is 2. The van der Waals surface area contributed by atoms with Crippen molar-refractivity contribution < 1.29 is 19.0 Å². The maximum Gasteiger partial charge on any atom is 0.339 e. The molecule has 0 aliphatic heterocycles. The highest BCUT2D eigenvalue weighted by atomic mass is 79.9. The number of hydrogen-bond acceptors (Lipinski definition) is 3. The van der Waals surface area contributed by atoms with Crippen LogP contribution in [0.5, 0.6) is 11.5 Å². The third-order valence-corrected chi connectivity index (χ3v) is 3.34. The SMILES string of the molecule is Nc1ccc(Oc2cc(F)c(Cl)cc2Br)c(C(=O)O)c1. The predicted molar refractivity (Wildman–Crippen MR) is 77.0 cm³/mol. The summed E-state index contributed by atoms with van der Waals surface area (Å²) in [4.78, 5) is 11.1. The summed E-state index contributed by atoms with van der Waals surface area (Å²) in [5, 5.41) is 9.02. The second kappa shape index (κ2) is 5.68. The van der Waals surface area contributed by atoms with Crippen molar-refractivity contribution in [3.8, 4) is 11.5 Å². The van der Waals surface area contributed by atoms with Gasteiger partial charge < -0.3 is 15.6 Å². The van der Waals surface area contributed by atoms with Gasteiger partial charge in [0.25, 0.3) is 0 Å². The largest absolute Gasteiger partial charge is 0.478 e. The van der Waals surface area contributed by atoms with Crippen molar-refractivity contribution in [3.63, 3.8) is 0 Å². The van der Waals surface area contributed by atoms with Gasteiger partial charge in [0.2, 0.25) is 0 Å². The Kier molecular flexibility index (Phi) is 4.15. The number of carboxylic acid groups (broad SMARTS) is 1. The van der Waals surface area contributed by atoms with E-state index in [9.17, 15) is 9.18 Å². The molecule has 0 bridgehead atoms. The van der Waals surface area contributed by atoms with E-state index in [-0.39, 0.29) is 27.8 Å². The van der Waals surface area contributed by atoms with Crippen LogP contribution in [0.15, 0.2) is 34.8 Å². The lowest BCUT2D eigenvalue weighted by molar-refractivity contribution is 0.0694. The molecule has 20 heavy (non-hydrogen) atoms. The van der Waals surface area contributed by atoms with Crippen LogP contribution in [-0.2, 0) is 0 Å². The van der Waals surface area contributed by atoms with E-state index in [2.05, 4.69) is 15.9 Å². The minimum Gasteiger partial charge on any atom is -0.478 e. The monoisotopic (exact) mass is 359 g/mol. The lowest BCUT2D eigenvalue weighted by atomic mass is 10.2. The number of nitrogens with two attached hydrogens (primary N) is 1. The van der Waals surface area contributed by atoms with Gasteiger partial charge in [-0.2, -0.15) is 0 Å². The zero-order valence-corrected chi connectivity index (χ0v) is 12.2. The van der Waals surface area contributed by atoms with Gasteiger partial charge in [-0.1, -0.05) is 11.6 Å². The van der Waals surface area contributed by atoms with Crippen LogP contribution in [0.2, 0.25) is 5.02 Å². The average Bonchev–Trinajstić information content (AvgIpc) is 2.37. The minimum absolute atomic E-state index is 0.0501. The van der Waals surface area contributed by atoms with Crippen LogP contribution in [0.4, 0.5) is 10.1 Å². The summed E-state index contributed by atoms with van der Waals surface area (Å²) < 4.78 is 19.2. The molecule has 0 saturated carbocycles. The summed E-state index contributed by atoms with van der Waals surface area (Å²) in [5.41, 5.74) is 5.70. The van der Waals surface area contributed by atoms with E-state index in [0.717, 1.165) is 6.07 Å². The Morgan fingerprint density at radius 2 is 2.00 bits per heavy atom. The number of benzene rings is 2. The Morgan fingerprint density at radius 1 is 1.30 bits per heavy atom. The molecule has 0 amide bonds. The van der Waals surface area contributed by atoms with E-state index in [1.165, 1.54) is 24.3 Å². The molecule has 2 aromatic rings. The molecule has 0 atom stereocenters. The molecule has 0 aliphatic rings. The molecular formula is C13H8BrClFNO3. The maximum atomic E-state index is 13.4. The first-order valence-corrected chi connectivity index (χ1v) is 6.51. The Morgan fingerprint density at radius 3 is 2.65 bits per heavy atom. The van der Waals surface area contributed by atoms with E-state index in [0.29, 0.717) is 4.47 Å². The van der Waals surface area contributed by atoms with Crippen LogP contribution < -0.4 is 10.5 Å². The number of halogens is 3. The van der Waals surface area contributed by atoms with Gasteiger partial charge in [0, 0.05) is 11.8 Å². The number of ether oxygens (including phenoxy) is 1. The fourth-order valence-corrected chi connectivity index (χ4v) is 2.22. The Balaban J connectivity index is 2.45. The highest BCUT2D eigenvalue weighted by Gasteiger charge is 2.15. The molecule has 3 N–H and O–H groups in total. The summed E-state index contributed by atoms with van der Waals surface area (Å²) in [6.07, 6.45) is 0. The Hall–Kier alpha value is -1.79. The van der Waals surface area contributed by atoms with E-state index in [1.807, 2.05) is 0 Å². The van der Waals surface area contributed by atoms with E-state index in [1.54, 1.807) is 0 Å². The summed E-state index contributed by atoms with van der Waals surface area (Å²) in [5.74, 6) is -1.71. The van der Waals surface area contributed by atoms with Gasteiger partial charge in [0.05, 0.1) is 9.50 Å². The van der Waals surface area contributed by atoms with Crippen molar-refractivity contribution in [1.29, 1.82) is 0 Å². The van der Waals surface area contributed by atoms with Gasteiger partial charge in [-0.25, -0.2) is 9.18 Å². The number of anilines is 1. The predicted octanol–water partition coefficient (Wildman–Crippen LogP) is 4.31. The molecule has 0 saturated heterocycles. The van der Waals surface area contributed by atoms with E-state index >= 15 is 0 Å². The second-order valence-electron chi connectivity index (χ2n) is 3.86. The molecule has 0 spiro atoms. The van der Waals surface area contributed by atoms with Crippen molar-refractivity contribution in [3.05, 3.63) is 51.2 Å². The summed E-state index contributed by atoms with van der Waals surface area (Å²) in [6.45, 7) is 0. The number of aromatic carboxylic acids is 1. The summed E-state index contributed by atoms with van der Waals surface area (Å²) in [7, 11) is 0. The van der Waals surface area contributed by atoms with Crippen LogP contribution >= 0.6 is 27.5 Å². The van der Waals surface area contributed by atoms with Crippen LogP contribution in [0, 0.1) is 5.82 Å². The normalized spacial score (nSPS) is 10.3. The van der Waals surface area contributed by atoms with Gasteiger partial charge in [-0.05, 0) is 40.2 Å². The maximum absolute atomic E-state index is 13.4. The van der Waals surface area contributed by atoms with Crippen molar-refractivity contribution in [2.75, 3.05) is 5.73 Å². The standard InChI is InChI=1S/C13H8BrClFNO3/c14-8-4-9(15)10(16)5-12(8)20-11-2-1-6(17)3-7(11)13(18)19/h1-5H,17H2,(H,18,19). The molecule has 0 unspecified atom stereocenters. The zero-order valence-electron chi connectivity index (χ0n) is 9.86. The Bertz CT molecular complexity index is 694. The first kappa shape index (κ1) is 14.6. The van der Waals surface area contributed by atoms with Gasteiger partial charge in [-0.15, -0.1) is 0 Å². The third kappa shape index (κ3) is 3.02. The van der Waals surface area contributed by atoms with Gasteiger partial charge in [-0.3, -0.25) is 0 Å². The minimum atomic E-state index is -1.20. The van der Waals surface area contributed by atoms with Crippen molar-refractivity contribution in [1.82, 2.24) is 0 Å². The lowest BCUT2D eigenvalue weighted by Gasteiger charge is -2.11. The molecule has 0 aliphatic carbocycles. The lowest BCUT2D eigenvalue weighted by Crippen LogP contribution is -2.02. The smallest absolute Gasteiger partial charge is 0.339 e. The quantitative estimate of drug-likeness (QED) is 0.632. The fourth-order valence-electron chi connectivity index (χ4n) is 1.50. The van der Waals surface area contributed by atoms with Crippen molar-refractivity contribution in [2.24, 2.45) is 0 Å². The molecular weight excluding hydrogens is 353 g/mol. The first-order chi connectivity index (χ1) is 9.38. The third-order valence-electron chi connectivity index (χ3n) is 2.43. The Labute approximate surface area is 127 Å². The topological polar surface area (TPSA) is 72.5 Å². The zero-order chi connectivity index (χ0) is 14.9. The number of carboxylic acids is 1. The number of rotatable bonds is 3. The van der Waals surface area contributed by atoms with Gasteiger partial charge in [0.1, 0.15) is 22.9 Å². The van der Waals surface area contributed by atoms with Crippen LogP contribution in [0.1, 0.15) is 10.4 Å². The molecule has 0 aromatic heterocycles. The van der Waals surface area contributed by atoms with Crippen LogP contribution in [0.3, 0.4) is 0 Å². The van der Waals surface area contributed by atoms with E-state index < -0.39 is 11.8 Å². The van der Waals surface area contributed by atoms with E-state index in [4.69, 9.17) is 27.2 Å². The first-order valence-electron chi connectivity index (χ1n) is 5.33. The summed E-state index contributed by atoms with van der Waals surface area (Å²) in [6, 6.07) is 6.54. The second-order valence-corrected chi connectivity index (χ2v) is 5.12. The van der Waals surface area contributed by atoms with Crippen LogP contribution in [-0.4, -0.2) is 11.1 Å². The van der Waals surface area contributed by atoms with Crippen molar-refractivity contribution >= 4 is 39.2 Å². The highest BCUT2D eigenvalue weighted by molar-refractivity contribution is 9.10. The highest BCUT2D eigenvalue weighted by Crippen LogP contribution is 2.35. The van der Waals surface area contributed by atoms with Gasteiger partial charge in [0.15, 0.2) is 0 Å². The summed E-state index contributed by atoms with van der Waals surface area (Å²) >= 11 is 8.79. The number of nitrogen functional groups attached to an aromatic ring is 1. The number of carbonyl (C=O) groups is 1. The van der Waals surface area contributed by atoms with Gasteiger partial charge >= 0.3 is 5.97 Å². The molecule has 2 rings (SSSR count). The fraction of sp³-hybridized carbons (Fsp3) is 0. The average molecular weight is 361 g/mol. The van der Waals surface area contributed by atoms with Crippen LogP contribution in [0.25, 0.3) is 0 Å². The molecule has 2 aromatic carbocycles. The van der Waals surface area contributed by atoms with Crippen molar-refractivity contribution in [2.45, 2.75) is 0 Å².